The highest BCUT2D eigenvalue weighted by Crippen LogP contribution is 2.32. The van der Waals surface area contributed by atoms with Crippen molar-refractivity contribution in [2.45, 2.75) is 19.1 Å². The number of nitrogens with zero attached hydrogens (tertiary/aromatic N) is 2. The Labute approximate surface area is 141 Å². The van der Waals surface area contributed by atoms with Crippen LogP contribution in [0.25, 0.3) is 11.1 Å². The maximum absolute atomic E-state index is 14.2. The van der Waals surface area contributed by atoms with Crippen LogP contribution in [0, 0.1) is 5.82 Å². The third kappa shape index (κ3) is 3.26. The molecule has 0 bridgehead atoms. The molecule has 2 aromatic rings. The molecule has 1 fully saturated rings. The summed E-state index contributed by atoms with van der Waals surface area (Å²) in [5.41, 5.74) is 1.74. The molecule has 1 saturated heterocycles. The number of carbonyl (C=O) groups excluding carboxylic acids is 1. The zero-order valence-corrected chi connectivity index (χ0v) is 13.9. The molecule has 24 heavy (non-hydrogen) atoms. The number of benzene rings is 2. The van der Waals surface area contributed by atoms with Crippen molar-refractivity contribution >= 4 is 11.8 Å². The van der Waals surface area contributed by atoms with E-state index < -0.39 is 6.09 Å². The first-order valence-electron chi connectivity index (χ1n) is 8.06. The van der Waals surface area contributed by atoms with Crippen LogP contribution in [0.1, 0.15) is 12.8 Å². The van der Waals surface area contributed by atoms with Gasteiger partial charge in [-0.05, 0) is 32.0 Å². The number of hydrogen-bond donors (Lipinski definition) is 0. The summed E-state index contributed by atoms with van der Waals surface area (Å²) in [7, 11) is 3.59. The van der Waals surface area contributed by atoms with Crippen LogP contribution >= 0.6 is 0 Å². The highest BCUT2D eigenvalue weighted by atomic mass is 19.1. The van der Waals surface area contributed by atoms with Crippen LogP contribution < -0.4 is 4.90 Å². The van der Waals surface area contributed by atoms with Crippen molar-refractivity contribution < 1.29 is 13.9 Å². The Bertz CT molecular complexity index is 735. The molecule has 2 aromatic carbocycles. The first-order valence-corrected chi connectivity index (χ1v) is 8.06. The highest BCUT2D eigenvalue weighted by Gasteiger charge is 2.27. The molecule has 4 nitrogen and oxygen atoms in total. The fourth-order valence-corrected chi connectivity index (χ4v) is 3.00. The molecule has 1 heterocycles. The zero-order chi connectivity index (χ0) is 17.1. The number of rotatable bonds is 3. The Balaban J connectivity index is 1.86. The predicted octanol–water partition coefficient (Wildman–Crippen LogP) is 4.12. The molecule has 0 N–H and O–H groups in total. The molecule has 1 amide bonds. The molecule has 3 rings (SSSR count). The maximum Gasteiger partial charge on any atom is 0.415 e. The molecular formula is C19H21FN2O2. The molecule has 1 aliphatic rings. The number of likely N-dealkylation sites (tertiary alicyclic amines) is 1. The third-order valence-corrected chi connectivity index (χ3v) is 4.39. The van der Waals surface area contributed by atoms with Gasteiger partial charge >= 0.3 is 6.09 Å². The van der Waals surface area contributed by atoms with Gasteiger partial charge in [0.05, 0.1) is 5.69 Å². The van der Waals surface area contributed by atoms with E-state index >= 15 is 0 Å². The molecule has 1 aliphatic heterocycles. The number of ether oxygens (including phenoxy) is 1. The molecule has 126 valence electrons. The Kier molecular flexibility index (Phi) is 4.81. The van der Waals surface area contributed by atoms with Crippen molar-refractivity contribution in [2.24, 2.45) is 0 Å². The van der Waals surface area contributed by atoms with Gasteiger partial charge in [0.25, 0.3) is 0 Å². The summed E-state index contributed by atoms with van der Waals surface area (Å²) in [6, 6.07) is 13.8. The van der Waals surface area contributed by atoms with Crippen LogP contribution in [0.3, 0.4) is 0 Å². The lowest BCUT2D eigenvalue weighted by Crippen LogP contribution is -2.36. The van der Waals surface area contributed by atoms with Gasteiger partial charge < -0.3 is 4.74 Å². The minimum absolute atomic E-state index is 0.194. The summed E-state index contributed by atoms with van der Waals surface area (Å²) in [6.45, 7) is 0.924. The quantitative estimate of drug-likeness (QED) is 0.850. The summed E-state index contributed by atoms with van der Waals surface area (Å²) >= 11 is 0. The number of hydrogen-bond acceptors (Lipinski definition) is 3. The van der Waals surface area contributed by atoms with E-state index in [2.05, 4.69) is 0 Å². The van der Waals surface area contributed by atoms with E-state index in [0.717, 1.165) is 19.4 Å². The van der Waals surface area contributed by atoms with Gasteiger partial charge in [-0.1, -0.05) is 36.4 Å². The van der Waals surface area contributed by atoms with Crippen molar-refractivity contribution in [3.05, 3.63) is 54.3 Å². The predicted molar refractivity (Wildman–Crippen MR) is 92.4 cm³/mol. The van der Waals surface area contributed by atoms with Gasteiger partial charge in [0.2, 0.25) is 0 Å². The standard InChI is InChI=1S/C19H21FN2O2/c1-21-13-7-12-18(21)24-19(23)22(2)17-11-6-4-9-15(17)14-8-3-5-10-16(14)20/h3-6,8-11,18H,7,12-13H2,1-2H3/t18-/m0/s1. The van der Waals surface area contributed by atoms with Crippen molar-refractivity contribution in [3.8, 4) is 11.1 Å². The summed E-state index contributed by atoms with van der Waals surface area (Å²) < 4.78 is 19.7. The molecule has 0 saturated carbocycles. The summed E-state index contributed by atoms with van der Waals surface area (Å²) in [4.78, 5) is 16.0. The van der Waals surface area contributed by atoms with Crippen molar-refractivity contribution in [1.29, 1.82) is 0 Å². The fraction of sp³-hybridized carbons (Fsp3) is 0.316. The zero-order valence-electron chi connectivity index (χ0n) is 13.9. The first-order chi connectivity index (χ1) is 11.6. The molecule has 0 unspecified atom stereocenters. The lowest BCUT2D eigenvalue weighted by Gasteiger charge is -2.25. The van der Waals surface area contributed by atoms with E-state index in [0.29, 0.717) is 16.8 Å². The van der Waals surface area contributed by atoms with Crippen LogP contribution in [0.2, 0.25) is 0 Å². The van der Waals surface area contributed by atoms with Gasteiger partial charge in [-0.15, -0.1) is 0 Å². The normalized spacial score (nSPS) is 17.7. The van der Waals surface area contributed by atoms with Gasteiger partial charge in [-0.25, -0.2) is 9.18 Å². The van der Waals surface area contributed by atoms with E-state index in [9.17, 15) is 9.18 Å². The second-order valence-electron chi connectivity index (χ2n) is 6.02. The number of para-hydroxylation sites is 1. The van der Waals surface area contributed by atoms with E-state index in [-0.39, 0.29) is 12.0 Å². The smallest absolute Gasteiger partial charge is 0.415 e. The molecule has 0 spiro atoms. The van der Waals surface area contributed by atoms with Gasteiger partial charge in [-0.3, -0.25) is 9.80 Å². The summed E-state index contributed by atoms with van der Waals surface area (Å²) in [5.74, 6) is -0.317. The Morgan fingerprint density at radius 3 is 2.50 bits per heavy atom. The lowest BCUT2D eigenvalue weighted by atomic mass is 10.0. The second-order valence-corrected chi connectivity index (χ2v) is 6.02. The summed E-state index contributed by atoms with van der Waals surface area (Å²) in [5, 5.41) is 0. The van der Waals surface area contributed by atoms with Crippen LogP contribution in [-0.4, -0.2) is 37.9 Å². The van der Waals surface area contributed by atoms with Gasteiger partial charge in [0.1, 0.15) is 5.82 Å². The third-order valence-electron chi connectivity index (χ3n) is 4.39. The maximum atomic E-state index is 14.2. The minimum Gasteiger partial charge on any atom is -0.430 e. The second kappa shape index (κ2) is 7.01. The van der Waals surface area contributed by atoms with Crippen molar-refractivity contribution in [3.63, 3.8) is 0 Å². The van der Waals surface area contributed by atoms with Crippen molar-refractivity contribution in [1.82, 2.24) is 4.90 Å². The number of halogens is 1. The fourth-order valence-electron chi connectivity index (χ4n) is 3.00. The minimum atomic E-state index is -0.433. The topological polar surface area (TPSA) is 32.8 Å². The Morgan fingerprint density at radius 2 is 1.83 bits per heavy atom. The van der Waals surface area contributed by atoms with Crippen molar-refractivity contribution in [2.75, 3.05) is 25.5 Å². The van der Waals surface area contributed by atoms with E-state index in [1.807, 2.05) is 24.1 Å². The van der Waals surface area contributed by atoms with Gasteiger partial charge in [0.15, 0.2) is 6.23 Å². The Morgan fingerprint density at radius 1 is 1.17 bits per heavy atom. The van der Waals surface area contributed by atoms with E-state index in [1.165, 1.54) is 11.0 Å². The lowest BCUT2D eigenvalue weighted by molar-refractivity contribution is 0.0315. The number of anilines is 1. The van der Waals surface area contributed by atoms with E-state index in [4.69, 9.17) is 4.74 Å². The number of carbonyl (C=O) groups is 1. The van der Waals surface area contributed by atoms with Gasteiger partial charge in [-0.2, -0.15) is 0 Å². The molecule has 0 radical (unpaired) electrons. The Hall–Kier alpha value is -2.40. The summed E-state index contributed by atoms with van der Waals surface area (Å²) in [6.07, 6.45) is 1.23. The highest BCUT2D eigenvalue weighted by molar-refractivity contribution is 5.93. The number of amides is 1. The first kappa shape index (κ1) is 16.5. The SMILES string of the molecule is CN(C(=O)O[C@H]1CCCN1C)c1ccccc1-c1ccccc1F. The molecule has 0 aliphatic carbocycles. The van der Waals surface area contributed by atoms with Crippen LogP contribution in [0.4, 0.5) is 14.9 Å². The van der Waals surface area contributed by atoms with Gasteiger partial charge in [0, 0.05) is 24.7 Å². The monoisotopic (exact) mass is 328 g/mol. The molecular weight excluding hydrogens is 307 g/mol. The largest absolute Gasteiger partial charge is 0.430 e. The molecule has 5 heteroatoms. The molecule has 0 aromatic heterocycles. The average molecular weight is 328 g/mol. The van der Waals surface area contributed by atoms with Crippen LogP contribution in [0.5, 0.6) is 0 Å². The van der Waals surface area contributed by atoms with E-state index in [1.54, 1.807) is 37.4 Å². The molecule has 1 atom stereocenters. The van der Waals surface area contributed by atoms with Crippen LogP contribution in [0.15, 0.2) is 48.5 Å². The van der Waals surface area contributed by atoms with Crippen LogP contribution in [-0.2, 0) is 4.74 Å². The average Bonchev–Trinajstić information content (AvgIpc) is 2.99.